The standard InChI is InChI=1S/C22H29N5O2S/c1-3-16-7-9-17(10-8-16)23-20(28)15-30-21-18-5-4-6-19(18)27(22(29)24-21)26-13-11-25(2)12-14-26/h7-10H,3-6,11-15H2,1-2H3,(H,23,28). The lowest BCUT2D eigenvalue weighted by Gasteiger charge is -2.35. The Kier molecular flexibility index (Phi) is 6.43. The maximum Gasteiger partial charge on any atom is 0.367 e. The number of anilines is 1. The molecule has 0 saturated carbocycles. The van der Waals surface area contributed by atoms with Gasteiger partial charge in [0.2, 0.25) is 5.91 Å². The van der Waals surface area contributed by atoms with E-state index in [1.54, 1.807) is 4.68 Å². The van der Waals surface area contributed by atoms with Gasteiger partial charge in [-0.15, -0.1) is 0 Å². The minimum absolute atomic E-state index is 0.0824. The van der Waals surface area contributed by atoms with Crippen molar-refractivity contribution >= 4 is 23.4 Å². The van der Waals surface area contributed by atoms with Gasteiger partial charge >= 0.3 is 5.69 Å². The summed E-state index contributed by atoms with van der Waals surface area (Å²) in [4.78, 5) is 31.9. The molecule has 1 aliphatic heterocycles. The van der Waals surface area contributed by atoms with Gasteiger partial charge in [-0.05, 0) is 50.4 Å². The number of aryl methyl sites for hydroxylation is 1. The summed E-state index contributed by atoms with van der Waals surface area (Å²) in [6.07, 6.45) is 3.81. The second-order valence-electron chi connectivity index (χ2n) is 7.93. The van der Waals surface area contributed by atoms with Crippen LogP contribution in [0.3, 0.4) is 0 Å². The lowest BCUT2D eigenvalue weighted by Crippen LogP contribution is -2.54. The Morgan fingerprint density at radius 2 is 1.87 bits per heavy atom. The van der Waals surface area contributed by atoms with Gasteiger partial charge in [0.15, 0.2) is 0 Å². The van der Waals surface area contributed by atoms with Crippen LogP contribution in [-0.4, -0.2) is 59.4 Å². The molecule has 160 valence electrons. The molecular formula is C22H29N5O2S. The Labute approximate surface area is 181 Å². The van der Waals surface area contributed by atoms with Gasteiger partial charge < -0.3 is 15.2 Å². The van der Waals surface area contributed by atoms with E-state index in [9.17, 15) is 9.59 Å². The number of thioether (sulfide) groups is 1. The van der Waals surface area contributed by atoms with Gasteiger partial charge in [-0.25, -0.2) is 9.47 Å². The molecule has 7 nitrogen and oxygen atoms in total. The van der Waals surface area contributed by atoms with Crippen molar-refractivity contribution in [2.24, 2.45) is 0 Å². The Bertz CT molecular complexity index is 965. The summed E-state index contributed by atoms with van der Waals surface area (Å²) in [5.41, 5.74) is 4.03. The first-order chi connectivity index (χ1) is 14.5. The fourth-order valence-electron chi connectivity index (χ4n) is 4.07. The quantitative estimate of drug-likeness (QED) is 0.561. The van der Waals surface area contributed by atoms with E-state index in [4.69, 9.17) is 0 Å². The third kappa shape index (κ3) is 4.54. The van der Waals surface area contributed by atoms with Crippen LogP contribution in [0.1, 0.15) is 30.2 Å². The fraction of sp³-hybridized carbons (Fsp3) is 0.500. The molecule has 1 aliphatic carbocycles. The number of carbonyl (C=O) groups excluding carboxylic acids is 1. The van der Waals surface area contributed by atoms with Crippen LogP contribution in [0, 0.1) is 0 Å². The molecule has 1 aromatic carbocycles. The molecule has 1 fully saturated rings. The Morgan fingerprint density at radius 1 is 1.13 bits per heavy atom. The van der Waals surface area contributed by atoms with E-state index in [1.165, 1.54) is 17.3 Å². The van der Waals surface area contributed by atoms with E-state index < -0.39 is 0 Å². The number of fused-ring (bicyclic) bond motifs is 1. The van der Waals surface area contributed by atoms with Crippen molar-refractivity contribution in [1.82, 2.24) is 14.6 Å². The highest BCUT2D eigenvalue weighted by molar-refractivity contribution is 8.00. The number of benzene rings is 1. The molecular weight excluding hydrogens is 398 g/mol. The summed E-state index contributed by atoms with van der Waals surface area (Å²) in [5.74, 6) is 0.161. The van der Waals surface area contributed by atoms with Crippen LogP contribution in [0.15, 0.2) is 34.1 Å². The number of aromatic nitrogens is 2. The van der Waals surface area contributed by atoms with Crippen molar-refractivity contribution in [2.75, 3.05) is 49.3 Å². The third-order valence-corrected chi connectivity index (χ3v) is 6.85. The number of carbonyl (C=O) groups is 1. The maximum atomic E-state index is 12.9. The lowest BCUT2D eigenvalue weighted by molar-refractivity contribution is -0.113. The van der Waals surface area contributed by atoms with Gasteiger partial charge in [-0.2, -0.15) is 4.98 Å². The monoisotopic (exact) mass is 427 g/mol. The fourth-order valence-corrected chi connectivity index (χ4v) is 4.95. The molecule has 4 rings (SSSR count). The SMILES string of the molecule is CCc1ccc(NC(=O)CSc2nc(=O)n(N3CCN(C)CC3)c3c2CCC3)cc1. The maximum absolute atomic E-state index is 12.9. The largest absolute Gasteiger partial charge is 0.367 e. The Hall–Kier alpha value is -2.32. The van der Waals surface area contributed by atoms with Gasteiger partial charge in [0.05, 0.1) is 11.4 Å². The summed E-state index contributed by atoms with van der Waals surface area (Å²) in [7, 11) is 2.10. The molecule has 0 spiro atoms. The van der Waals surface area contributed by atoms with Gasteiger partial charge in [-0.1, -0.05) is 30.8 Å². The smallest absolute Gasteiger partial charge is 0.325 e. The van der Waals surface area contributed by atoms with Crippen molar-refractivity contribution in [3.05, 3.63) is 51.6 Å². The average molecular weight is 428 g/mol. The highest BCUT2D eigenvalue weighted by Gasteiger charge is 2.26. The molecule has 0 bridgehead atoms. The zero-order valence-corrected chi connectivity index (χ0v) is 18.5. The normalized spacial score (nSPS) is 16.5. The number of rotatable bonds is 6. The lowest BCUT2D eigenvalue weighted by atomic mass is 10.1. The Morgan fingerprint density at radius 3 is 2.57 bits per heavy atom. The molecule has 1 amide bonds. The van der Waals surface area contributed by atoms with E-state index in [1.807, 2.05) is 24.3 Å². The van der Waals surface area contributed by atoms with Crippen LogP contribution in [0.25, 0.3) is 0 Å². The van der Waals surface area contributed by atoms with Gasteiger partial charge in [0.25, 0.3) is 0 Å². The van der Waals surface area contributed by atoms with Crippen molar-refractivity contribution < 1.29 is 4.79 Å². The molecule has 0 unspecified atom stereocenters. The summed E-state index contributed by atoms with van der Waals surface area (Å²) >= 11 is 1.37. The summed E-state index contributed by atoms with van der Waals surface area (Å²) < 4.78 is 1.80. The third-order valence-electron chi connectivity index (χ3n) is 5.83. The van der Waals surface area contributed by atoms with Gasteiger partial charge in [0.1, 0.15) is 5.03 Å². The number of hydrogen-bond acceptors (Lipinski definition) is 6. The summed E-state index contributed by atoms with van der Waals surface area (Å²) in [6.45, 7) is 5.65. The topological polar surface area (TPSA) is 70.5 Å². The highest BCUT2D eigenvalue weighted by atomic mass is 32.2. The molecule has 8 heteroatoms. The number of nitrogens with one attached hydrogen (secondary N) is 1. The first kappa shape index (κ1) is 20.9. The zero-order valence-electron chi connectivity index (χ0n) is 17.7. The first-order valence-corrected chi connectivity index (χ1v) is 11.6. The van der Waals surface area contributed by atoms with Crippen LogP contribution in [0.4, 0.5) is 5.69 Å². The molecule has 2 heterocycles. The van der Waals surface area contributed by atoms with E-state index in [-0.39, 0.29) is 17.3 Å². The van der Waals surface area contributed by atoms with Crippen LogP contribution in [-0.2, 0) is 24.1 Å². The van der Waals surface area contributed by atoms with Crippen molar-refractivity contribution in [3.8, 4) is 0 Å². The second-order valence-corrected chi connectivity index (χ2v) is 8.90. The first-order valence-electron chi connectivity index (χ1n) is 10.7. The molecule has 1 aromatic heterocycles. The van der Waals surface area contributed by atoms with Crippen LogP contribution in [0.5, 0.6) is 0 Å². The molecule has 1 N–H and O–H groups in total. The van der Waals surface area contributed by atoms with Gasteiger partial charge in [-0.3, -0.25) is 4.79 Å². The van der Waals surface area contributed by atoms with Crippen molar-refractivity contribution in [3.63, 3.8) is 0 Å². The molecule has 2 aromatic rings. The highest BCUT2D eigenvalue weighted by Crippen LogP contribution is 2.29. The number of likely N-dealkylation sites (N-methyl/N-ethyl adjacent to an activating group) is 1. The molecule has 30 heavy (non-hydrogen) atoms. The number of piperazine rings is 1. The van der Waals surface area contributed by atoms with E-state index >= 15 is 0 Å². The average Bonchev–Trinajstić information content (AvgIpc) is 3.23. The molecule has 2 aliphatic rings. The predicted octanol–water partition coefficient (Wildman–Crippen LogP) is 1.91. The molecule has 1 saturated heterocycles. The molecule has 0 radical (unpaired) electrons. The number of nitrogens with zero attached hydrogens (tertiary/aromatic N) is 4. The number of amides is 1. The molecule has 0 atom stereocenters. The van der Waals surface area contributed by atoms with Crippen LogP contribution in [0.2, 0.25) is 0 Å². The van der Waals surface area contributed by atoms with E-state index in [0.29, 0.717) is 5.03 Å². The zero-order chi connectivity index (χ0) is 21.1. The second kappa shape index (κ2) is 9.22. The van der Waals surface area contributed by atoms with Crippen LogP contribution < -0.4 is 16.0 Å². The van der Waals surface area contributed by atoms with E-state index in [0.717, 1.165) is 68.8 Å². The van der Waals surface area contributed by atoms with Gasteiger partial charge in [0, 0.05) is 37.4 Å². The minimum atomic E-state index is -0.224. The van der Waals surface area contributed by atoms with Crippen LogP contribution >= 0.6 is 11.8 Å². The summed E-state index contributed by atoms with van der Waals surface area (Å²) in [5, 5.41) is 5.77. The van der Waals surface area contributed by atoms with E-state index in [2.05, 4.69) is 34.2 Å². The summed E-state index contributed by atoms with van der Waals surface area (Å²) in [6, 6.07) is 7.90. The van der Waals surface area contributed by atoms with Crippen molar-refractivity contribution in [1.29, 1.82) is 0 Å². The predicted molar refractivity (Wildman–Crippen MR) is 121 cm³/mol. The van der Waals surface area contributed by atoms with Crippen molar-refractivity contribution in [2.45, 2.75) is 37.6 Å². The Balaban J connectivity index is 1.45. The minimum Gasteiger partial charge on any atom is -0.325 e. The number of hydrogen-bond donors (Lipinski definition) is 1.